The Labute approximate surface area is 238 Å². The Morgan fingerprint density at radius 1 is 0.780 bits per heavy atom. The lowest BCUT2D eigenvalue weighted by atomic mass is 10.0. The molecular weight excluding hydrogens is 533 g/mol. The first-order valence-corrected chi connectivity index (χ1v) is 13.2. The van der Waals surface area contributed by atoms with Crippen LogP contribution in [0.1, 0.15) is 31.4 Å². The fourth-order valence-electron chi connectivity index (χ4n) is 3.91. The first-order valence-electron chi connectivity index (χ1n) is 13.2. The molecule has 2 rings (SSSR count). The van der Waals surface area contributed by atoms with Crippen molar-refractivity contribution >= 4 is 29.6 Å². The number of nitrogens with two attached hydrogens (primary N) is 1. The van der Waals surface area contributed by atoms with Crippen molar-refractivity contribution in [2.75, 3.05) is 20.2 Å². The molecule has 0 spiro atoms. The number of carbonyl (C=O) groups is 5. The smallest absolute Gasteiger partial charge is 0.328 e. The zero-order chi connectivity index (χ0) is 30.4. The highest BCUT2D eigenvalue weighted by atomic mass is 19.1. The lowest BCUT2D eigenvalue weighted by Gasteiger charge is -2.23. The topological polar surface area (TPSA) is 169 Å². The maximum Gasteiger partial charge on any atom is 0.328 e. The van der Waals surface area contributed by atoms with Crippen LogP contribution in [0.15, 0.2) is 54.6 Å². The summed E-state index contributed by atoms with van der Waals surface area (Å²) in [5.41, 5.74) is 7.29. The lowest BCUT2D eigenvalue weighted by Crippen LogP contribution is -2.54. The molecule has 0 saturated carbocycles. The molecule has 3 atom stereocenters. The number of ether oxygens (including phenoxy) is 1. The number of nitrogens with one attached hydrogen (secondary N) is 4. The third-order valence-electron chi connectivity index (χ3n) is 6.02. The van der Waals surface area contributed by atoms with Crippen molar-refractivity contribution in [3.05, 3.63) is 71.5 Å². The van der Waals surface area contributed by atoms with Gasteiger partial charge in [0.25, 0.3) is 0 Å². The van der Waals surface area contributed by atoms with Crippen molar-refractivity contribution in [3.63, 3.8) is 0 Å². The summed E-state index contributed by atoms with van der Waals surface area (Å²) in [5, 5.41) is 10.0. The minimum atomic E-state index is -1.04. The Morgan fingerprint density at radius 2 is 1.39 bits per heavy atom. The number of esters is 1. The zero-order valence-electron chi connectivity index (χ0n) is 23.4. The Bertz CT molecular complexity index is 1180. The van der Waals surface area contributed by atoms with E-state index in [9.17, 15) is 28.4 Å². The molecule has 0 aliphatic heterocycles. The molecule has 12 heteroatoms. The van der Waals surface area contributed by atoms with Gasteiger partial charge in [-0.05, 0) is 42.0 Å². The van der Waals surface area contributed by atoms with E-state index in [-0.39, 0.29) is 18.8 Å². The predicted octanol–water partition coefficient (Wildman–Crippen LogP) is 0.359. The van der Waals surface area contributed by atoms with E-state index in [2.05, 4.69) is 21.3 Å². The minimum absolute atomic E-state index is 0.0923. The van der Waals surface area contributed by atoms with Crippen molar-refractivity contribution in [3.8, 4) is 0 Å². The Morgan fingerprint density at radius 3 is 2.00 bits per heavy atom. The molecule has 4 amide bonds. The third-order valence-corrected chi connectivity index (χ3v) is 6.02. The molecule has 0 bridgehead atoms. The van der Waals surface area contributed by atoms with Gasteiger partial charge in [0.05, 0.1) is 26.2 Å². The number of methoxy groups -OCH3 is 1. The first kappa shape index (κ1) is 32.9. The maximum atomic E-state index is 13.1. The van der Waals surface area contributed by atoms with Crippen LogP contribution in [-0.2, 0) is 41.6 Å². The summed E-state index contributed by atoms with van der Waals surface area (Å²) in [6.07, 6.45) is 0.638. The average Bonchev–Trinajstić information content (AvgIpc) is 2.95. The van der Waals surface area contributed by atoms with E-state index in [0.29, 0.717) is 12.0 Å². The predicted molar refractivity (Wildman–Crippen MR) is 150 cm³/mol. The number of hydrogen-bond donors (Lipinski definition) is 5. The number of carbonyl (C=O) groups excluding carboxylic acids is 5. The van der Waals surface area contributed by atoms with E-state index < -0.39 is 66.6 Å². The van der Waals surface area contributed by atoms with Crippen molar-refractivity contribution in [2.24, 2.45) is 11.7 Å². The number of amides is 4. The molecule has 0 aliphatic rings. The number of hydrogen-bond acceptors (Lipinski definition) is 7. The monoisotopic (exact) mass is 571 g/mol. The van der Waals surface area contributed by atoms with Gasteiger partial charge in [-0.25, -0.2) is 9.18 Å². The van der Waals surface area contributed by atoms with Crippen LogP contribution in [0, 0.1) is 11.7 Å². The normalized spacial score (nSPS) is 12.9. The van der Waals surface area contributed by atoms with Gasteiger partial charge in [0, 0.05) is 6.42 Å². The quantitative estimate of drug-likeness (QED) is 0.192. The highest BCUT2D eigenvalue weighted by molar-refractivity contribution is 5.93. The van der Waals surface area contributed by atoms with Crippen molar-refractivity contribution < 1.29 is 33.1 Å². The van der Waals surface area contributed by atoms with Gasteiger partial charge in [-0.3, -0.25) is 19.2 Å². The number of halogens is 1. The van der Waals surface area contributed by atoms with E-state index in [4.69, 9.17) is 10.5 Å². The van der Waals surface area contributed by atoms with E-state index in [1.165, 1.54) is 31.4 Å². The summed E-state index contributed by atoms with van der Waals surface area (Å²) >= 11 is 0. The zero-order valence-corrected chi connectivity index (χ0v) is 23.4. The molecule has 11 nitrogen and oxygen atoms in total. The highest BCUT2D eigenvalue weighted by Gasteiger charge is 2.28. The van der Waals surface area contributed by atoms with E-state index in [1.807, 2.05) is 19.9 Å². The molecule has 0 aliphatic carbocycles. The minimum Gasteiger partial charge on any atom is -0.467 e. The lowest BCUT2D eigenvalue weighted by molar-refractivity contribution is -0.145. The molecule has 2 aromatic rings. The van der Waals surface area contributed by atoms with E-state index in [0.717, 1.165) is 5.56 Å². The highest BCUT2D eigenvalue weighted by Crippen LogP contribution is 2.09. The molecule has 0 aromatic heterocycles. The molecule has 0 saturated heterocycles. The average molecular weight is 572 g/mol. The van der Waals surface area contributed by atoms with Gasteiger partial charge in [-0.1, -0.05) is 56.3 Å². The SMILES string of the molecule is COC(=O)C(CC(C)C)NC(=O)[C@@H](Cc1ccccc1)NC(=O)CNC(=O)CNC(=O)[C@H](N)Cc1ccc(F)cc1. The molecule has 0 heterocycles. The third kappa shape index (κ3) is 12.2. The summed E-state index contributed by atoms with van der Waals surface area (Å²) < 4.78 is 17.8. The Balaban J connectivity index is 1.91. The van der Waals surface area contributed by atoms with Crippen LogP contribution in [0.3, 0.4) is 0 Å². The second-order valence-electron chi connectivity index (χ2n) is 9.96. The maximum absolute atomic E-state index is 13.1. The van der Waals surface area contributed by atoms with Gasteiger partial charge in [0.15, 0.2) is 0 Å². The molecular formula is C29H38FN5O6. The molecule has 0 fully saturated rings. The Kier molecular flexibility index (Phi) is 13.4. The summed E-state index contributed by atoms with van der Waals surface area (Å²) in [6.45, 7) is 2.92. The second kappa shape index (κ2) is 16.7. The van der Waals surface area contributed by atoms with E-state index >= 15 is 0 Å². The van der Waals surface area contributed by atoms with Crippen LogP contribution >= 0.6 is 0 Å². The Hall–Kier alpha value is -4.32. The van der Waals surface area contributed by atoms with Crippen LogP contribution < -0.4 is 27.0 Å². The fraction of sp³-hybridized carbons (Fsp3) is 0.414. The summed E-state index contributed by atoms with van der Waals surface area (Å²) in [6, 6.07) is 11.7. The summed E-state index contributed by atoms with van der Waals surface area (Å²) in [7, 11) is 1.23. The molecule has 1 unspecified atom stereocenters. The molecule has 2 aromatic carbocycles. The van der Waals surface area contributed by atoms with Crippen LogP contribution in [0.2, 0.25) is 0 Å². The summed E-state index contributed by atoms with van der Waals surface area (Å²) in [5.74, 6) is -3.36. The van der Waals surface area contributed by atoms with Gasteiger partial charge < -0.3 is 31.7 Å². The first-order chi connectivity index (χ1) is 19.5. The van der Waals surface area contributed by atoms with Gasteiger partial charge in [-0.2, -0.15) is 0 Å². The number of rotatable bonds is 15. The number of benzene rings is 2. The summed E-state index contributed by atoms with van der Waals surface area (Å²) in [4.78, 5) is 62.4. The standard InChI is InChI=1S/C29H38FN5O6/c1-18(2)13-24(29(40)41-3)35-28(39)23(15-19-7-5-4-6-8-19)34-26(37)17-32-25(36)16-33-27(38)22(31)14-20-9-11-21(30)12-10-20/h4-12,18,22-24H,13-17,31H2,1-3H3,(H,32,36)(H,33,38)(H,34,37)(H,35,39)/t22-,23-,24?/m1/s1. The van der Waals surface area contributed by atoms with Crippen LogP contribution in [-0.4, -0.2) is 67.9 Å². The van der Waals surface area contributed by atoms with Gasteiger partial charge in [-0.15, -0.1) is 0 Å². The van der Waals surface area contributed by atoms with Gasteiger partial charge in [0.2, 0.25) is 23.6 Å². The molecule has 41 heavy (non-hydrogen) atoms. The van der Waals surface area contributed by atoms with Gasteiger partial charge in [0.1, 0.15) is 17.9 Å². The second-order valence-corrected chi connectivity index (χ2v) is 9.96. The molecule has 0 radical (unpaired) electrons. The largest absolute Gasteiger partial charge is 0.467 e. The van der Waals surface area contributed by atoms with Crippen LogP contribution in [0.5, 0.6) is 0 Å². The van der Waals surface area contributed by atoms with Crippen molar-refractivity contribution in [1.82, 2.24) is 21.3 Å². The van der Waals surface area contributed by atoms with Crippen LogP contribution in [0.25, 0.3) is 0 Å². The van der Waals surface area contributed by atoms with Crippen molar-refractivity contribution in [1.29, 1.82) is 0 Å². The van der Waals surface area contributed by atoms with Crippen molar-refractivity contribution in [2.45, 2.75) is 51.2 Å². The van der Waals surface area contributed by atoms with Crippen LogP contribution in [0.4, 0.5) is 4.39 Å². The van der Waals surface area contributed by atoms with Gasteiger partial charge >= 0.3 is 5.97 Å². The molecule has 6 N–H and O–H groups in total. The fourth-order valence-corrected chi connectivity index (χ4v) is 3.91. The van der Waals surface area contributed by atoms with E-state index in [1.54, 1.807) is 24.3 Å². The molecule has 222 valence electrons.